The van der Waals surface area contributed by atoms with Gasteiger partial charge >= 0.3 is 0 Å². The highest BCUT2D eigenvalue weighted by atomic mass is 32.2. The summed E-state index contributed by atoms with van der Waals surface area (Å²) in [5, 5.41) is 8.87. The van der Waals surface area contributed by atoms with Gasteiger partial charge in [-0.15, -0.1) is 0 Å². The number of hydrogen-bond acceptors (Lipinski definition) is 5. The van der Waals surface area contributed by atoms with Crippen LogP contribution in [-0.4, -0.2) is 43.6 Å². The Balaban J connectivity index is 1.81. The normalized spacial score (nSPS) is 19.0. The SMILES string of the molecule is Cc1c(S(=O)(=O)N2CCC[C@@H]2c2ccnc3cc(C(C)(C)C)nn23)cnn1C. The van der Waals surface area contributed by atoms with E-state index < -0.39 is 10.0 Å². The molecule has 28 heavy (non-hydrogen) atoms. The predicted octanol–water partition coefficient (Wildman–Crippen LogP) is 2.59. The third-order valence-corrected chi connectivity index (χ3v) is 7.49. The Kier molecular flexibility index (Phi) is 4.35. The maximum atomic E-state index is 13.4. The summed E-state index contributed by atoms with van der Waals surface area (Å²) in [5.41, 5.74) is 3.05. The minimum atomic E-state index is -3.65. The molecule has 3 aromatic heterocycles. The van der Waals surface area contributed by atoms with E-state index in [9.17, 15) is 8.42 Å². The molecule has 0 amide bonds. The van der Waals surface area contributed by atoms with Gasteiger partial charge in [-0.1, -0.05) is 20.8 Å². The Morgan fingerprint density at radius 2 is 2.00 bits per heavy atom. The fraction of sp³-hybridized carbons (Fsp3) is 0.526. The van der Waals surface area contributed by atoms with E-state index >= 15 is 0 Å². The first-order valence-corrected chi connectivity index (χ1v) is 10.9. The molecule has 0 spiro atoms. The highest BCUT2D eigenvalue weighted by Crippen LogP contribution is 2.37. The van der Waals surface area contributed by atoms with Crippen LogP contribution >= 0.6 is 0 Å². The summed E-state index contributed by atoms with van der Waals surface area (Å²) in [6.07, 6.45) is 4.73. The molecule has 0 saturated carbocycles. The minimum absolute atomic E-state index is 0.112. The molecule has 9 heteroatoms. The van der Waals surface area contributed by atoms with Gasteiger partial charge in [0.15, 0.2) is 5.65 Å². The van der Waals surface area contributed by atoms with Crippen LogP contribution < -0.4 is 0 Å². The molecule has 8 nitrogen and oxygen atoms in total. The van der Waals surface area contributed by atoms with Crippen LogP contribution in [0, 0.1) is 6.92 Å². The van der Waals surface area contributed by atoms with Crippen molar-refractivity contribution in [2.45, 2.75) is 56.9 Å². The summed E-state index contributed by atoms with van der Waals surface area (Å²) in [7, 11) is -1.90. The monoisotopic (exact) mass is 402 g/mol. The first kappa shape index (κ1) is 19.1. The summed E-state index contributed by atoms with van der Waals surface area (Å²) < 4.78 is 31.7. The van der Waals surface area contributed by atoms with Crippen molar-refractivity contribution in [1.82, 2.24) is 28.7 Å². The number of sulfonamides is 1. The second-order valence-corrected chi connectivity index (χ2v) is 10.3. The highest BCUT2D eigenvalue weighted by Gasteiger charge is 2.39. The van der Waals surface area contributed by atoms with Crippen molar-refractivity contribution < 1.29 is 8.42 Å². The lowest BCUT2D eigenvalue weighted by molar-refractivity contribution is 0.384. The standard InChI is InChI=1S/C19H26N6O2S/c1-13-16(12-21-23(13)5)28(26,27)24-10-6-7-14(24)15-8-9-20-18-11-17(19(2,3)4)22-25(15)18/h8-9,11-12,14H,6-7,10H2,1-5H3/t14-/m1/s1. The van der Waals surface area contributed by atoms with Crippen LogP contribution in [0.1, 0.15) is 56.7 Å². The van der Waals surface area contributed by atoms with E-state index in [1.807, 2.05) is 12.1 Å². The summed E-state index contributed by atoms with van der Waals surface area (Å²) in [6.45, 7) is 8.57. The molecule has 1 aliphatic heterocycles. The van der Waals surface area contributed by atoms with E-state index in [2.05, 4.69) is 30.9 Å². The fourth-order valence-electron chi connectivity index (χ4n) is 3.71. The zero-order chi connectivity index (χ0) is 20.3. The van der Waals surface area contributed by atoms with Crippen molar-refractivity contribution >= 4 is 15.7 Å². The summed E-state index contributed by atoms with van der Waals surface area (Å²) in [4.78, 5) is 4.70. The number of nitrogens with zero attached hydrogens (tertiary/aromatic N) is 6. The summed E-state index contributed by atoms with van der Waals surface area (Å²) in [6, 6.07) is 3.58. The van der Waals surface area contributed by atoms with E-state index in [0.29, 0.717) is 12.2 Å². The second kappa shape index (κ2) is 6.38. The molecule has 1 aliphatic rings. The molecule has 1 atom stereocenters. The number of rotatable bonds is 3. The molecule has 150 valence electrons. The van der Waals surface area contributed by atoms with Gasteiger partial charge in [0, 0.05) is 31.3 Å². The van der Waals surface area contributed by atoms with Gasteiger partial charge in [-0.3, -0.25) is 4.68 Å². The quantitative estimate of drug-likeness (QED) is 0.672. The molecular formula is C19H26N6O2S. The fourth-order valence-corrected chi connectivity index (χ4v) is 5.57. The van der Waals surface area contributed by atoms with E-state index in [1.54, 1.807) is 33.7 Å². The molecule has 0 aliphatic carbocycles. The molecule has 0 bridgehead atoms. The second-order valence-electron chi connectivity index (χ2n) is 8.41. The smallest absolute Gasteiger partial charge is 0.247 e. The molecule has 0 radical (unpaired) electrons. The largest absolute Gasteiger partial charge is 0.272 e. The molecule has 1 fully saturated rings. The van der Waals surface area contributed by atoms with Crippen LogP contribution in [0.5, 0.6) is 0 Å². The Bertz CT molecular complexity index is 1140. The van der Waals surface area contributed by atoms with Crippen LogP contribution in [0.4, 0.5) is 0 Å². The Morgan fingerprint density at radius 3 is 2.64 bits per heavy atom. The summed E-state index contributed by atoms with van der Waals surface area (Å²) in [5.74, 6) is 0. The zero-order valence-corrected chi connectivity index (χ0v) is 17.7. The Labute approximate surface area is 165 Å². The zero-order valence-electron chi connectivity index (χ0n) is 16.9. The molecule has 0 aromatic carbocycles. The highest BCUT2D eigenvalue weighted by molar-refractivity contribution is 7.89. The minimum Gasteiger partial charge on any atom is -0.272 e. The first-order chi connectivity index (χ1) is 13.1. The maximum absolute atomic E-state index is 13.4. The molecule has 1 saturated heterocycles. The van der Waals surface area contributed by atoms with Crippen LogP contribution in [0.25, 0.3) is 5.65 Å². The first-order valence-electron chi connectivity index (χ1n) is 9.46. The van der Waals surface area contributed by atoms with Crippen molar-refractivity contribution in [1.29, 1.82) is 0 Å². The number of aryl methyl sites for hydroxylation is 1. The van der Waals surface area contributed by atoms with Crippen LogP contribution in [-0.2, 0) is 22.5 Å². The van der Waals surface area contributed by atoms with Gasteiger partial charge in [0.2, 0.25) is 10.0 Å². The van der Waals surface area contributed by atoms with E-state index in [4.69, 9.17) is 5.10 Å². The van der Waals surface area contributed by atoms with Crippen molar-refractivity contribution in [3.05, 3.63) is 41.6 Å². The lowest BCUT2D eigenvalue weighted by Gasteiger charge is -2.24. The predicted molar refractivity (Wildman–Crippen MR) is 105 cm³/mol. The van der Waals surface area contributed by atoms with Gasteiger partial charge in [-0.2, -0.15) is 14.5 Å². The van der Waals surface area contributed by atoms with Crippen LogP contribution in [0.3, 0.4) is 0 Å². The lowest BCUT2D eigenvalue weighted by Crippen LogP contribution is -2.32. The number of hydrogen-bond donors (Lipinski definition) is 0. The Morgan fingerprint density at radius 1 is 1.25 bits per heavy atom. The summed E-state index contributed by atoms with van der Waals surface area (Å²) >= 11 is 0. The lowest BCUT2D eigenvalue weighted by atomic mass is 9.93. The molecule has 0 N–H and O–H groups in total. The third-order valence-electron chi connectivity index (χ3n) is 5.48. The third kappa shape index (κ3) is 2.93. The molecule has 3 aromatic rings. The van der Waals surface area contributed by atoms with Crippen molar-refractivity contribution in [3.63, 3.8) is 0 Å². The number of fused-ring (bicyclic) bond motifs is 1. The van der Waals surface area contributed by atoms with Crippen molar-refractivity contribution in [3.8, 4) is 0 Å². The molecular weight excluding hydrogens is 376 g/mol. The van der Waals surface area contributed by atoms with E-state index in [0.717, 1.165) is 29.9 Å². The van der Waals surface area contributed by atoms with Gasteiger partial charge in [0.05, 0.1) is 29.3 Å². The Hall–Kier alpha value is -2.26. The van der Waals surface area contributed by atoms with Gasteiger partial charge < -0.3 is 0 Å². The van der Waals surface area contributed by atoms with Gasteiger partial charge in [-0.25, -0.2) is 17.9 Å². The van der Waals surface area contributed by atoms with Gasteiger partial charge in [-0.05, 0) is 25.8 Å². The maximum Gasteiger partial charge on any atom is 0.247 e. The average molecular weight is 403 g/mol. The molecule has 0 unspecified atom stereocenters. The molecule has 4 heterocycles. The van der Waals surface area contributed by atoms with E-state index in [-0.39, 0.29) is 16.4 Å². The van der Waals surface area contributed by atoms with Gasteiger partial charge in [0.1, 0.15) is 4.90 Å². The van der Waals surface area contributed by atoms with Gasteiger partial charge in [0.25, 0.3) is 0 Å². The van der Waals surface area contributed by atoms with E-state index in [1.165, 1.54) is 6.20 Å². The topological polar surface area (TPSA) is 85.4 Å². The van der Waals surface area contributed by atoms with Crippen LogP contribution in [0.15, 0.2) is 29.4 Å². The van der Waals surface area contributed by atoms with Crippen molar-refractivity contribution in [2.24, 2.45) is 7.05 Å². The number of aromatic nitrogens is 5. The average Bonchev–Trinajstić information content (AvgIpc) is 3.33. The molecule has 4 rings (SSSR count). The van der Waals surface area contributed by atoms with Crippen molar-refractivity contribution in [2.75, 3.05) is 6.54 Å². The van der Waals surface area contributed by atoms with Crippen LogP contribution in [0.2, 0.25) is 0 Å².